The molecule has 0 spiro atoms. The molecule has 1 aromatic rings. The van der Waals surface area contributed by atoms with Crippen molar-refractivity contribution in [2.24, 2.45) is 5.92 Å². The number of aryl methyl sites for hydroxylation is 1. The normalized spacial score (nSPS) is 10.8. The van der Waals surface area contributed by atoms with Crippen LogP contribution in [0, 0.1) is 5.92 Å². The number of carbonyl (C=O) groups excluding carboxylic acids is 1. The summed E-state index contributed by atoms with van der Waals surface area (Å²) < 4.78 is 5.45. The SMILES string of the molecule is CC(C)COCCCNC(=O)CCc1ccc(Cl)cc1. The quantitative estimate of drug-likeness (QED) is 0.709. The number of carbonyl (C=O) groups is 1. The number of amides is 1. The van der Waals surface area contributed by atoms with Crippen molar-refractivity contribution < 1.29 is 9.53 Å². The molecule has 0 saturated heterocycles. The van der Waals surface area contributed by atoms with E-state index in [4.69, 9.17) is 16.3 Å². The van der Waals surface area contributed by atoms with Crippen molar-refractivity contribution in [3.63, 3.8) is 0 Å². The third-order valence-electron chi connectivity index (χ3n) is 2.79. The maximum atomic E-state index is 11.6. The van der Waals surface area contributed by atoms with Crippen molar-refractivity contribution in [2.75, 3.05) is 19.8 Å². The Kier molecular flexibility index (Phi) is 8.31. The van der Waals surface area contributed by atoms with Crippen LogP contribution in [0.3, 0.4) is 0 Å². The van der Waals surface area contributed by atoms with Gasteiger partial charge in [0.1, 0.15) is 0 Å². The summed E-state index contributed by atoms with van der Waals surface area (Å²) in [6, 6.07) is 7.60. The number of hydrogen-bond donors (Lipinski definition) is 1. The van der Waals surface area contributed by atoms with Crippen molar-refractivity contribution in [3.05, 3.63) is 34.9 Å². The topological polar surface area (TPSA) is 38.3 Å². The van der Waals surface area contributed by atoms with Crippen molar-refractivity contribution in [3.8, 4) is 0 Å². The van der Waals surface area contributed by atoms with Gasteiger partial charge in [0.05, 0.1) is 0 Å². The molecule has 0 aliphatic carbocycles. The molecule has 1 N–H and O–H groups in total. The minimum absolute atomic E-state index is 0.0869. The largest absolute Gasteiger partial charge is 0.381 e. The summed E-state index contributed by atoms with van der Waals surface area (Å²) in [6.07, 6.45) is 2.11. The van der Waals surface area contributed by atoms with Gasteiger partial charge in [-0.15, -0.1) is 0 Å². The van der Waals surface area contributed by atoms with Crippen molar-refractivity contribution in [2.45, 2.75) is 33.1 Å². The predicted octanol–water partition coefficient (Wildman–Crippen LogP) is 3.45. The molecule has 0 saturated carbocycles. The monoisotopic (exact) mass is 297 g/mol. The molecule has 0 bridgehead atoms. The Balaban J connectivity index is 2.04. The molecule has 0 aliphatic rings. The van der Waals surface area contributed by atoms with Gasteiger partial charge in [0, 0.05) is 31.2 Å². The van der Waals surface area contributed by atoms with Crippen LogP contribution in [0.2, 0.25) is 5.02 Å². The molecule has 112 valence electrons. The van der Waals surface area contributed by atoms with Crippen LogP contribution in [0.1, 0.15) is 32.3 Å². The Bertz CT molecular complexity index is 390. The van der Waals surface area contributed by atoms with Crippen molar-refractivity contribution in [1.29, 1.82) is 0 Å². The molecule has 1 rings (SSSR count). The summed E-state index contributed by atoms with van der Waals surface area (Å²) in [5.74, 6) is 0.646. The molecule has 0 aliphatic heterocycles. The van der Waals surface area contributed by atoms with E-state index in [1.165, 1.54) is 0 Å². The first-order valence-corrected chi connectivity index (χ1v) is 7.54. The van der Waals surface area contributed by atoms with Crippen LogP contribution in [0.15, 0.2) is 24.3 Å². The standard InChI is InChI=1S/C16H24ClNO2/c1-13(2)12-20-11-3-10-18-16(19)9-6-14-4-7-15(17)8-5-14/h4-5,7-8,13H,3,6,9-12H2,1-2H3,(H,18,19). The van der Waals surface area contributed by atoms with Gasteiger partial charge in [-0.2, -0.15) is 0 Å². The van der Waals surface area contributed by atoms with E-state index in [1.807, 2.05) is 24.3 Å². The van der Waals surface area contributed by atoms with Gasteiger partial charge in [0.2, 0.25) is 5.91 Å². The fourth-order valence-electron chi connectivity index (χ4n) is 1.72. The smallest absolute Gasteiger partial charge is 0.220 e. The molecule has 0 atom stereocenters. The van der Waals surface area contributed by atoms with Crippen LogP contribution in [0.4, 0.5) is 0 Å². The summed E-state index contributed by atoms with van der Waals surface area (Å²) >= 11 is 5.81. The molecule has 1 amide bonds. The van der Waals surface area contributed by atoms with Crippen LogP contribution >= 0.6 is 11.6 Å². The molecule has 0 radical (unpaired) electrons. The lowest BCUT2D eigenvalue weighted by Crippen LogP contribution is -2.25. The number of hydrogen-bond acceptors (Lipinski definition) is 2. The molecule has 3 nitrogen and oxygen atoms in total. The van der Waals surface area contributed by atoms with Gasteiger partial charge in [0.15, 0.2) is 0 Å². The number of ether oxygens (including phenoxy) is 1. The van der Waals surface area contributed by atoms with Crippen LogP contribution in [0.25, 0.3) is 0 Å². The lowest BCUT2D eigenvalue weighted by Gasteiger charge is -2.08. The van der Waals surface area contributed by atoms with Gasteiger partial charge in [-0.3, -0.25) is 4.79 Å². The van der Waals surface area contributed by atoms with E-state index in [0.717, 1.165) is 30.0 Å². The third-order valence-corrected chi connectivity index (χ3v) is 3.04. The summed E-state index contributed by atoms with van der Waals surface area (Å²) in [7, 11) is 0. The summed E-state index contributed by atoms with van der Waals surface area (Å²) in [5.41, 5.74) is 1.13. The number of halogens is 1. The second-order valence-corrected chi connectivity index (χ2v) is 5.74. The van der Waals surface area contributed by atoms with Gasteiger partial charge in [-0.05, 0) is 36.5 Å². The van der Waals surface area contributed by atoms with Crippen molar-refractivity contribution in [1.82, 2.24) is 5.32 Å². The molecule has 0 unspecified atom stereocenters. The molecular formula is C16H24ClNO2. The average molecular weight is 298 g/mol. The van der Waals surface area contributed by atoms with Gasteiger partial charge >= 0.3 is 0 Å². The van der Waals surface area contributed by atoms with E-state index in [0.29, 0.717) is 25.5 Å². The molecule has 4 heteroatoms. The van der Waals surface area contributed by atoms with Crippen molar-refractivity contribution >= 4 is 17.5 Å². The minimum atomic E-state index is 0.0869. The van der Waals surface area contributed by atoms with Crippen LogP contribution in [-0.2, 0) is 16.0 Å². The second-order valence-electron chi connectivity index (χ2n) is 5.30. The fourth-order valence-corrected chi connectivity index (χ4v) is 1.84. The van der Waals surface area contributed by atoms with E-state index in [-0.39, 0.29) is 5.91 Å². The maximum absolute atomic E-state index is 11.6. The minimum Gasteiger partial charge on any atom is -0.381 e. The Morgan fingerprint density at radius 2 is 2.00 bits per heavy atom. The Hall–Kier alpha value is -1.06. The Morgan fingerprint density at radius 3 is 2.65 bits per heavy atom. The van der Waals surface area contributed by atoms with Crippen LogP contribution in [-0.4, -0.2) is 25.7 Å². The number of nitrogens with one attached hydrogen (secondary N) is 1. The fraction of sp³-hybridized carbons (Fsp3) is 0.562. The summed E-state index contributed by atoms with van der Waals surface area (Å²) in [5, 5.41) is 3.63. The zero-order valence-electron chi connectivity index (χ0n) is 12.3. The maximum Gasteiger partial charge on any atom is 0.220 e. The molecule has 1 aromatic carbocycles. The summed E-state index contributed by atoms with van der Waals surface area (Å²) in [4.78, 5) is 11.6. The molecule has 0 heterocycles. The number of benzene rings is 1. The van der Waals surface area contributed by atoms with Gasteiger partial charge in [-0.25, -0.2) is 0 Å². The van der Waals surface area contributed by atoms with E-state index < -0.39 is 0 Å². The predicted molar refractivity (Wildman–Crippen MR) is 83.1 cm³/mol. The third kappa shape index (κ3) is 8.18. The van der Waals surface area contributed by atoms with E-state index >= 15 is 0 Å². The zero-order chi connectivity index (χ0) is 14.8. The lowest BCUT2D eigenvalue weighted by atomic mass is 10.1. The van der Waals surface area contributed by atoms with E-state index in [1.54, 1.807) is 0 Å². The average Bonchev–Trinajstić information content (AvgIpc) is 2.41. The second kappa shape index (κ2) is 9.78. The Morgan fingerprint density at radius 1 is 1.30 bits per heavy atom. The highest BCUT2D eigenvalue weighted by Gasteiger charge is 2.02. The number of rotatable bonds is 9. The molecular weight excluding hydrogens is 274 g/mol. The highest BCUT2D eigenvalue weighted by molar-refractivity contribution is 6.30. The first kappa shape index (κ1) is 17.0. The van der Waals surface area contributed by atoms with Crippen LogP contribution in [0.5, 0.6) is 0 Å². The van der Waals surface area contributed by atoms with Gasteiger partial charge in [0.25, 0.3) is 0 Å². The molecule has 0 fully saturated rings. The van der Waals surface area contributed by atoms with E-state index in [9.17, 15) is 4.79 Å². The van der Waals surface area contributed by atoms with E-state index in [2.05, 4.69) is 19.2 Å². The van der Waals surface area contributed by atoms with Gasteiger partial charge < -0.3 is 10.1 Å². The van der Waals surface area contributed by atoms with Crippen LogP contribution < -0.4 is 5.32 Å². The highest BCUT2D eigenvalue weighted by atomic mass is 35.5. The first-order chi connectivity index (χ1) is 9.58. The molecule has 0 aromatic heterocycles. The molecule has 20 heavy (non-hydrogen) atoms. The zero-order valence-corrected chi connectivity index (χ0v) is 13.1. The summed E-state index contributed by atoms with van der Waals surface area (Å²) in [6.45, 7) is 6.41. The first-order valence-electron chi connectivity index (χ1n) is 7.17. The lowest BCUT2D eigenvalue weighted by molar-refractivity contribution is -0.121. The Labute approximate surface area is 126 Å². The van der Waals surface area contributed by atoms with Gasteiger partial charge in [-0.1, -0.05) is 37.6 Å². The highest BCUT2D eigenvalue weighted by Crippen LogP contribution is 2.10.